The van der Waals surface area contributed by atoms with Crippen LogP contribution >= 0.6 is 0 Å². The van der Waals surface area contributed by atoms with E-state index in [1.807, 2.05) is 41.1 Å². The smallest absolute Gasteiger partial charge is 0.231 e. The van der Waals surface area contributed by atoms with Gasteiger partial charge in [0.1, 0.15) is 5.82 Å². The second-order valence-electron chi connectivity index (χ2n) is 5.82. The topological polar surface area (TPSA) is 72.3 Å². The molecule has 0 saturated carbocycles. The Kier molecular flexibility index (Phi) is 3.14. The van der Waals surface area contributed by atoms with Crippen molar-refractivity contribution in [3.63, 3.8) is 0 Å². The van der Waals surface area contributed by atoms with Crippen molar-refractivity contribution in [2.45, 2.75) is 12.8 Å². The molecule has 0 bridgehead atoms. The van der Waals surface area contributed by atoms with Crippen LogP contribution in [0.5, 0.6) is 0 Å². The van der Waals surface area contributed by atoms with E-state index in [4.69, 9.17) is 5.73 Å². The highest BCUT2D eigenvalue weighted by Gasteiger charge is 2.25. The fourth-order valence-corrected chi connectivity index (χ4v) is 3.12. The zero-order valence-corrected chi connectivity index (χ0v) is 12.3. The lowest BCUT2D eigenvalue weighted by molar-refractivity contribution is 0.584. The lowest BCUT2D eigenvalue weighted by Crippen LogP contribution is -2.22. The van der Waals surface area contributed by atoms with Crippen LogP contribution < -0.4 is 10.6 Å². The van der Waals surface area contributed by atoms with E-state index >= 15 is 0 Å². The molecule has 2 N–H and O–H groups in total. The van der Waals surface area contributed by atoms with E-state index in [1.54, 1.807) is 0 Å². The van der Waals surface area contributed by atoms with Crippen LogP contribution in [0.25, 0.3) is 5.65 Å². The third-order valence-electron chi connectivity index (χ3n) is 4.24. The number of pyridine rings is 2. The standard InChI is InChI=1S/C16H18N6/c17-14-5-4-12(10-18-14)9-13-6-8-21(11-13)16-20-19-15-3-1-2-7-22(15)16/h1-5,7,10,13H,6,8-9,11H2,(H2,17,18). The van der Waals surface area contributed by atoms with Crippen LogP contribution in [-0.4, -0.2) is 32.7 Å². The van der Waals surface area contributed by atoms with E-state index in [1.165, 1.54) is 5.56 Å². The average Bonchev–Trinajstić information content (AvgIpc) is 3.16. The van der Waals surface area contributed by atoms with Gasteiger partial charge in [-0.3, -0.25) is 4.40 Å². The van der Waals surface area contributed by atoms with Crippen molar-refractivity contribution in [1.29, 1.82) is 0 Å². The van der Waals surface area contributed by atoms with Gasteiger partial charge in [0.25, 0.3) is 0 Å². The maximum Gasteiger partial charge on any atom is 0.231 e. The molecular formula is C16H18N6. The number of rotatable bonds is 3. The predicted octanol–water partition coefficient (Wildman–Crippen LogP) is 1.78. The molecule has 0 aliphatic carbocycles. The van der Waals surface area contributed by atoms with Crippen molar-refractivity contribution >= 4 is 17.4 Å². The summed E-state index contributed by atoms with van der Waals surface area (Å²) < 4.78 is 2.05. The molecule has 3 aromatic rings. The Hall–Kier alpha value is -2.63. The van der Waals surface area contributed by atoms with Gasteiger partial charge in [-0.15, -0.1) is 10.2 Å². The Morgan fingerprint density at radius 1 is 1.18 bits per heavy atom. The summed E-state index contributed by atoms with van der Waals surface area (Å²) in [6, 6.07) is 9.90. The molecule has 4 rings (SSSR count). The van der Waals surface area contributed by atoms with Crippen LogP contribution in [0.15, 0.2) is 42.7 Å². The van der Waals surface area contributed by atoms with E-state index in [0.29, 0.717) is 11.7 Å². The SMILES string of the molecule is Nc1ccc(CC2CCN(c3nnc4ccccn34)C2)cn1. The van der Waals surface area contributed by atoms with Gasteiger partial charge in [-0.05, 0) is 42.5 Å². The quantitative estimate of drug-likeness (QED) is 0.797. The molecule has 1 atom stereocenters. The normalized spacial score (nSPS) is 18.2. The summed E-state index contributed by atoms with van der Waals surface area (Å²) >= 11 is 0. The van der Waals surface area contributed by atoms with Crippen molar-refractivity contribution in [3.05, 3.63) is 48.3 Å². The van der Waals surface area contributed by atoms with Crippen molar-refractivity contribution in [1.82, 2.24) is 19.6 Å². The van der Waals surface area contributed by atoms with Gasteiger partial charge >= 0.3 is 0 Å². The summed E-state index contributed by atoms with van der Waals surface area (Å²) in [5.74, 6) is 2.13. The highest BCUT2D eigenvalue weighted by molar-refractivity contribution is 5.46. The number of aromatic nitrogens is 4. The molecule has 0 aromatic carbocycles. The minimum absolute atomic E-state index is 0.576. The van der Waals surface area contributed by atoms with Gasteiger partial charge in [0.2, 0.25) is 5.95 Å². The molecule has 6 nitrogen and oxygen atoms in total. The first kappa shape index (κ1) is 13.1. The molecule has 1 saturated heterocycles. The number of nitrogens with zero attached hydrogens (tertiary/aromatic N) is 5. The molecule has 22 heavy (non-hydrogen) atoms. The van der Waals surface area contributed by atoms with Gasteiger partial charge in [0.05, 0.1) is 0 Å². The summed E-state index contributed by atoms with van der Waals surface area (Å²) in [5, 5.41) is 8.57. The van der Waals surface area contributed by atoms with E-state index in [2.05, 4.69) is 26.1 Å². The summed E-state index contributed by atoms with van der Waals surface area (Å²) in [6.45, 7) is 2.02. The number of fused-ring (bicyclic) bond motifs is 1. The first-order valence-corrected chi connectivity index (χ1v) is 7.55. The Morgan fingerprint density at radius 2 is 2.14 bits per heavy atom. The van der Waals surface area contributed by atoms with Crippen LogP contribution in [0.1, 0.15) is 12.0 Å². The van der Waals surface area contributed by atoms with Gasteiger partial charge in [0.15, 0.2) is 5.65 Å². The van der Waals surface area contributed by atoms with Crippen LogP contribution in [0.4, 0.5) is 11.8 Å². The molecule has 0 spiro atoms. The van der Waals surface area contributed by atoms with Gasteiger partial charge in [-0.2, -0.15) is 0 Å². The third-order valence-corrected chi connectivity index (χ3v) is 4.24. The first-order chi connectivity index (χ1) is 10.8. The Morgan fingerprint density at radius 3 is 3.00 bits per heavy atom. The van der Waals surface area contributed by atoms with E-state index < -0.39 is 0 Å². The van der Waals surface area contributed by atoms with Gasteiger partial charge in [0, 0.05) is 25.5 Å². The average molecular weight is 294 g/mol. The highest BCUT2D eigenvalue weighted by atomic mass is 15.4. The lowest BCUT2D eigenvalue weighted by atomic mass is 10.00. The Balaban J connectivity index is 1.49. The van der Waals surface area contributed by atoms with Crippen LogP contribution in [0.2, 0.25) is 0 Å². The first-order valence-electron chi connectivity index (χ1n) is 7.55. The number of nitrogen functional groups attached to an aromatic ring is 1. The Labute approximate surface area is 128 Å². The third kappa shape index (κ3) is 2.36. The molecule has 6 heteroatoms. The van der Waals surface area contributed by atoms with Gasteiger partial charge in [-0.1, -0.05) is 12.1 Å². The molecule has 0 radical (unpaired) electrons. The maximum atomic E-state index is 5.64. The minimum atomic E-state index is 0.576. The second kappa shape index (κ2) is 5.29. The Bertz CT molecular complexity index is 779. The maximum absolute atomic E-state index is 5.64. The zero-order valence-electron chi connectivity index (χ0n) is 12.3. The monoisotopic (exact) mass is 294 g/mol. The molecule has 3 aromatic heterocycles. The van der Waals surface area contributed by atoms with Crippen molar-refractivity contribution in [2.24, 2.45) is 5.92 Å². The molecule has 112 valence electrons. The fraction of sp³-hybridized carbons (Fsp3) is 0.312. The predicted molar refractivity (Wildman–Crippen MR) is 85.7 cm³/mol. The summed E-state index contributed by atoms with van der Waals surface area (Å²) in [4.78, 5) is 6.48. The van der Waals surface area contributed by atoms with E-state index in [9.17, 15) is 0 Å². The van der Waals surface area contributed by atoms with Crippen molar-refractivity contribution < 1.29 is 0 Å². The molecule has 0 amide bonds. The van der Waals surface area contributed by atoms with Gasteiger partial charge < -0.3 is 10.6 Å². The zero-order chi connectivity index (χ0) is 14.9. The highest BCUT2D eigenvalue weighted by Crippen LogP contribution is 2.25. The van der Waals surface area contributed by atoms with Crippen molar-refractivity contribution in [2.75, 3.05) is 23.7 Å². The summed E-state index contributed by atoms with van der Waals surface area (Å²) in [6.07, 6.45) is 6.08. The molecule has 1 unspecified atom stereocenters. The summed E-state index contributed by atoms with van der Waals surface area (Å²) in [7, 11) is 0. The summed E-state index contributed by atoms with van der Waals surface area (Å²) in [5.41, 5.74) is 7.77. The van der Waals surface area contributed by atoms with E-state index in [0.717, 1.165) is 37.5 Å². The van der Waals surface area contributed by atoms with Crippen LogP contribution in [0.3, 0.4) is 0 Å². The molecule has 1 aliphatic rings. The molecule has 1 fully saturated rings. The number of nitrogens with two attached hydrogens (primary N) is 1. The second-order valence-corrected chi connectivity index (χ2v) is 5.82. The lowest BCUT2D eigenvalue weighted by Gasteiger charge is -2.16. The fourth-order valence-electron chi connectivity index (χ4n) is 3.12. The van der Waals surface area contributed by atoms with E-state index in [-0.39, 0.29) is 0 Å². The van der Waals surface area contributed by atoms with Gasteiger partial charge in [-0.25, -0.2) is 4.98 Å². The minimum Gasteiger partial charge on any atom is -0.384 e. The largest absolute Gasteiger partial charge is 0.384 e. The van der Waals surface area contributed by atoms with Crippen LogP contribution in [-0.2, 0) is 6.42 Å². The molecule has 1 aliphatic heterocycles. The molecule has 4 heterocycles. The van der Waals surface area contributed by atoms with Crippen LogP contribution in [0, 0.1) is 5.92 Å². The number of hydrogen-bond acceptors (Lipinski definition) is 5. The van der Waals surface area contributed by atoms with Crippen molar-refractivity contribution in [3.8, 4) is 0 Å². The number of hydrogen-bond donors (Lipinski definition) is 1. The molecular weight excluding hydrogens is 276 g/mol. The number of anilines is 2.